The third kappa shape index (κ3) is 3.01. The summed E-state index contributed by atoms with van der Waals surface area (Å²) in [6.07, 6.45) is 1.38. The van der Waals surface area contributed by atoms with Gasteiger partial charge in [-0.2, -0.15) is 4.98 Å². The average Bonchev–Trinajstić information content (AvgIpc) is 2.73. The molecule has 1 aromatic rings. The highest BCUT2D eigenvalue weighted by Gasteiger charge is 2.19. The Labute approximate surface area is 92.6 Å². The second kappa shape index (κ2) is 5.04. The molecular weight excluding hydrogens is 212 g/mol. The summed E-state index contributed by atoms with van der Waals surface area (Å²) >= 11 is 0. The van der Waals surface area contributed by atoms with E-state index in [1.807, 2.05) is 4.90 Å². The van der Waals surface area contributed by atoms with Crippen LogP contribution in [0, 0.1) is 0 Å². The fourth-order valence-electron chi connectivity index (χ4n) is 1.75. The molecule has 7 nitrogen and oxygen atoms in total. The molecule has 1 aliphatic heterocycles. The van der Waals surface area contributed by atoms with Crippen molar-refractivity contribution in [1.82, 2.24) is 19.9 Å². The van der Waals surface area contributed by atoms with Crippen LogP contribution in [-0.4, -0.2) is 63.7 Å². The van der Waals surface area contributed by atoms with E-state index < -0.39 is 5.97 Å². The first kappa shape index (κ1) is 11.0. The minimum Gasteiger partial charge on any atom is -0.480 e. The second-order valence-electron chi connectivity index (χ2n) is 3.78. The van der Waals surface area contributed by atoms with Gasteiger partial charge in [0.2, 0.25) is 5.89 Å². The standard InChI is InChI=1S/C9H14N4O3/c14-9(15)6-13-3-1-12(2-4-13)5-8-10-7-11-16-8/h7H,1-6H2,(H,14,15). The third-order valence-electron chi connectivity index (χ3n) is 2.59. The lowest BCUT2D eigenvalue weighted by Crippen LogP contribution is -2.47. The Hall–Kier alpha value is -1.47. The number of nitrogens with zero attached hydrogens (tertiary/aromatic N) is 4. The molecule has 0 saturated carbocycles. The Kier molecular flexibility index (Phi) is 3.47. The summed E-state index contributed by atoms with van der Waals surface area (Å²) in [5, 5.41) is 12.2. The molecule has 1 aliphatic rings. The number of rotatable bonds is 4. The molecule has 16 heavy (non-hydrogen) atoms. The van der Waals surface area contributed by atoms with Crippen molar-refractivity contribution in [1.29, 1.82) is 0 Å². The zero-order chi connectivity index (χ0) is 11.4. The largest absolute Gasteiger partial charge is 0.480 e. The van der Waals surface area contributed by atoms with Gasteiger partial charge < -0.3 is 9.63 Å². The highest BCUT2D eigenvalue weighted by molar-refractivity contribution is 5.69. The van der Waals surface area contributed by atoms with Gasteiger partial charge in [0, 0.05) is 26.2 Å². The van der Waals surface area contributed by atoms with Gasteiger partial charge in [-0.05, 0) is 0 Å². The predicted molar refractivity (Wildman–Crippen MR) is 53.7 cm³/mol. The Morgan fingerprint density at radius 2 is 2.06 bits per heavy atom. The van der Waals surface area contributed by atoms with Crippen LogP contribution in [0.15, 0.2) is 10.9 Å². The number of hydrogen-bond donors (Lipinski definition) is 1. The van der Waals surface area contributed by atoms with E-state index in [-0.39, 0.29) is 6.54 Å². The summed E-state index contributed by atoms with van der Waals surface area (Å²) in [7, 11) is 0. The van der Waals surface area contributed by atoms with Crippen LogP contribution in [0.2, 0.25) is 0 Å². The number of carboxylic acid groups (broad SMARTS) is 1. The Balaban J connectivity index is 1.75. The molecule has 0 spiro atoms. The number of aliphatic carboxylic acids is 1. The quantitative estimate of drug-likeness (QED) is 0.724. The third-order valence-corrected chi connectivity index (χ3v) is 2.59. The summed E-state index contributed by atoms with van der Waals surface area (Å²) in [6.45, 7) is 3.95. The van der Waals surface area contributed by atoms with Crippen molar-refractivity contribution >= 4 is 5.97 Å². The van der Waals surface area contributed by atoms with Crippen LogP contribution in [0.4, 0.5) is 0 Å². The van der Waals surface area contributed by atoms with E-state index in [0.717, 1.165) is 26.2 Å². The van der Waals surface area contributed by atoms with Crippen molar-refractivity contribution in [2.75, 3.05) is 32.7 Å². The second-order valence-corrected chi connectivity index (χ2v) is 3.78. The fourth-order valence-corrected chi connectivity index (χ4v) is 1.75. The van der Waals surface area contributed by atoms with Crippen molar-refractivity contribution in [2.24, 2.45) is 0 Å². The van der Waals surface area contributed by atoms with Crippen molar-refractivity contribution in [2.45, 2.75) is 6.54 Å². The van der Waals surface area contributed by atoms with E-state index in [9.17, 15) is 4.79 Å². The average molecular weight is 226 g/mol. The first-order chi connectivity index (χ1) is 7.74. The van der Waals surface area contributed by atoms with Crippen LogP contribution in [0.25, 0.3) is 0 Å². The zero-order valence-corrected chi connectivity index (χ0v) is 8.87. The first-order valence-electron chi connectivity index (χ1n) is 5.16. The number of carbonyl (C=O) groups is 1. The lowest BCUT2D eigenvalue weighted by atomic mass is 10.3. The Bertz CT molecular complexity index is 333. The molecule has 0 aliphatic carbocycles. The van der Waals surface area contributed by atoms with E-state index in [0.29, 0.717) is 12.4 Å². The summed E-state index contributed by atoms with van der Waals surface area (Å²) < 4.78 is 4.92. The van der Waals surface area contributed by atoms with E-state index in [2.05, 4.69) is 15.0 Å². The molecule has 0 unspecified atom stereocenters. The Morgan fingerprint density at radius 1 is 1.38 bits per heavy atom. The van der Waals surface area contributed by atoms with Gasteiger partial charge in [0.25, 0.3) is 0 Å². The summed E-state index contributed by atoms with van der Waals surface area (Å²) in [5.41, 5.74) is 0. The molecule has 0 amide bonds. The highest BCUT2D eigenvalue weighted by atomic mass is 16.5. The van der Waals surface area contributed by atoms with Gasteiger partial charge >= 0.3 is 5.97 Å². The normalized spacial score (nSPS) is 18.8. The minimum absolute atomic E-state index is 0.119. The minimum atomic E-state index is -0.773. The van der Waals surface area contributed by atoms with Crippen molar-refractivity contribution < 1.29 is 14.4 Å². The highest BCUT2D eigenvalue weighted by Crippen LogP contribution is 2.05. The number of hydrogen-bond acceptors (Lipinski definition) is 6. The van der Waals surface area contributed by atoms with Crippen LogP contribution < -0.4 is 0 Å². The molecular formula is C9H14N4O3. The number of piperazine rings is 1. The molecule has 2 heterocycles. The zero-order valence-electron chi connectivity index (χ0n) is 8.87. The lowest BCUT2D eigenvalue weighted by molar-refractivity contribution is -0.138. The maximum Gasteiger partial charge on any atom is 0.317 e. The topological polar surface area (TPSA) is 82.7 Å². The molecule has 0 aromatic carbocycles. The van der Waals surface area contributed by atoms with Crippen molar-refractivity contribution in [3.05, 3.63) is 12.2 Å². The smallest absolute Gasteiger partial charge is 0.317 e. The SMILES string of the molecule is O=C(O)CN1CCN(Cc2ncno2)CC1. The van der Waals surface area contributed by atoms with E-state index in [1.165, 1.54) is 6.33 Å². The predicted octanol–water partition coefficient (Wildman–Crippen LogP) is -0.728. The van der Waals surface area contributed by atoms with Gasteiger partial charge in [-0.25, -0.2) is 0 Å². The molecule has 0 bridgehead atoms. The first-order valence-corrected chi connectivity index (χ1v) is 5.16. The summed E-state index contributed by atoms with van der Waals surface area (Å²) in [5.74, 6) is -0.169. The molecule has 1 fully saturated rings. The molecule has 0 atom stereocenters. The van der Waals surface area contributed by atoms with Gasteiger partial charge in [-0.1, -0.05) is 5.16 Å². The van der Waals surface area contributed by atoms with Crippen LogP contribution in [-0.2, 0) is 11.3 Å². The molecule has 1 saturated heterocycles. The van der Waals surface area contributed by atoms with E-state index >= 15 is 0 Å². The van der Waals surface area contributed by atoms with Crippen LogP contribution in [0.3, 0.4) is 0 Å². The van der Waals surface area contributed by atoms with Gasteiger partial charge in [-0.15, -0.1) is 0 Å². The molecule has 0 radical (unpaired) electrons. The van der Waals surface area contributed by atoms with Gasteiger partial charge in [0.1, 0.15) is 0 Å². The van der Waals surface area contributed by atoms with Crippen molar-refractivity contribution in [3.8, 4) is 0 Å². The number of aromatic nitrogens is 2. The van der Waals surface area contributed by atoms with Gasteiger partial charge in [0.15, 0.2) is 6.33 Å². The molecule has 7 heteroatoms. The fraction of sp³-hybridized carbons (Fsp3) is 0.667. The maximum atomic E-state index is 10.5. The lowest BCUT2D eigenvalue weighted by Gasteiger charge is -2.32. The van der Waals surface area contributed by atoms with Gasteiger partial charge in [0.05, 0.1) is 13.1 Å². The van der Waals surface area contributed by atoms with Crippen LogP contribution in [0.1, 0.15) is 5.89 Å². The van der Waals surface area contributed by atoms with Crippen LogP contribution in [0.5, 0.6) is 0 Å². The molecule has 88 valence electrons. The number of carboxylic acids is 1. The molecule has 2 rings (SSSR count). The van der Waals surface area contributed by atoms with Gasteiger partial charge in [-0.3, -0.25) is 14.6 Å². The summed E-state index contributed by atoms with van der Waals surface area (Å²) in [6, 6.07) is 0. The summed E-state index contributed by atoms with van der Waals surface area (Å²) in [4.78, 5) is 18.6. The van der Waals surface area contributed by atoms with Crippen LogP contribution >= 0.6 is 0 Å². The molecule has 1 aromatic heterocycles. The van der Waals surface area contributed by atoms with E-state index in [1.54, 1.807) is 0 Å². The van der Waals surface area contributed by atoms with Crippen molar-refractivity contribution in [3.63, 3.8) is 0 Å². The Morgan fingerprint density at radius 3 is 2.62 bits per heavy atom. The molecule has 1 N–H and O–H groups in total. The van der Waals surface area contributed by atoms with E-state index in [4.69, 9.17) is 9.63 Å². The maximum absolute atomic E-state index is 10.5. The monoisotopic (exact) mass is 226 g/mol.